The molecule has 106 valence electrons. The van der Waals surface area contributed by atoms with Gasteiger partial charge in [0.25, 0.3) is 0 Å². The Morgan fingerprint density at radius 1 is 1.05 bits per heavy atom. The second-order valence-electron chi connectivity index (χ2n) is 4.10. The van der Waals surface area contributed by atoms with Gasteiger partial charge < -0.3 is 5.73 Å². The van der Waals surface area contributed by atoms with Crippen molar-refractivity contribution in [3.63, 3.8) is 0 Å². The van der Waals surface area contributed by atoms with Gasteiger partial charge in [-0.05, 0) is 12.1 Å². The van der Waals surface area contributed by atoms with E-state index in [-0.39, 0.29) is 11.1 Å². The minimum absolute atomic E-state index is 0.232. The van der Waals surface area contributed by atoms with E-state index in [4.69, 9.17) is 5.73 Å². The number of rotatable bonds is 2. The molecule has 0 spiro atoms. The molecule has 2 nitrogen and oxygen atoms in total. The highest BCUT2D eigenvalue weighted by Crippen LogP contribution is 2.35. The van der Waals surface area contributed by atoms with Crippen molar-refractivity contribution in [2.24, 2.45) is 5.73 Å². The van der Waals surface area contributed by atoms with Crippen LogP contribution in [-0.4, -0.2) is 4.98 Å². The van der Waals surface area contributed by atoms with Crippen molar-refractivity contribution < 1.29 is 22.0 Å². The second kappa shape index (κ2) is 5.16. The zero-order chi connectivity index (χ0) is 14.9. The van der Waals surface area contributed by atoms with Crippen LogP contribution in [0.5, 0.6) is 0 Å². The van der Waals surface area contributed by atoms with Gasteiger partial charge in [0, 0.05) is 29.6 Å². The minimum atomic E-state index is -4.63. The van der Waals surface area contributed by atoms with E-state index >= 15 is 0 Å². The maximum Gasteiger partial charge on any atom is 0.416 e. The van der Waals surface area contributed by atoms with Gasteiger partial charge in [0.2, 0.25) is 0 Å². The van der Waals surface area contributed by atoms with Crippen molar-refractivity contribution in [2.75, 3.05) is 0 Å². The Morgan fingerprint density at radius 2 is 1.75 bits per heavy atom. The smallest absolute Gasteiger partial charge is 0.320 e. The topological polar surface area (TPSA) is 38.9 Å². The highest BCUT2D eigenvalue weighted by Gasteiger charge is 2.35. The number of nitrogens with two attached hydrogens (primary N) is 1. The first-order valence-electron chi connectivity index (χ1n) is 5.52. The van der Waals surface area contributed by atoms with Crippen LogP contribution in [0.1, 0.15) is 22.7 Å². The van der Waals surface area contributed by atoms with Crippen LogP contribution in [0.3, 0.4) is 0 Å². The summed E-state index contributed by atoms with van der Waals surface area (Å²) in [5, 5.41) is 0. The fourth-order valence-corrected chi connectivity index (χ4v) is 1.83. The van der Waals surface area contributed by atoms with E-state index in [2.05, 4.69) is 4.98 Å². The molecule has 20 heavy (non-hydrogen) atoms. The number of benzene rings is 1. The summed E-state index contributed by atoms with van der Waals surface area (Å²) >= 11 is 0. The Morgan fingerprint density at radius 3 is 2.35 bits per heavy atom. The summed E-state index contributed by atoms with van der Waals surface area (Å²) in [6, 6.07) is 1.89. The van der Waals surface area contributed by atoms with Crippen LogP contribution in [0.2, 0.25) is 0 Å². The SMILES string of the molecule is NC(c1ccc(F)cc1F)c1cnccc1C(F)(F)F. The molecule has 1 aromatic carbocycles. The third kappa shape index (κ3) is 2.77. The molecule has 2 aromatic rings. The molecule has 0 fully saturated rings. The monoisotopic (exact) mass is 288 g/mol. The highest BCUT2D eigenvalue weighted by atomic mass is 19.4. The van der Waals surface area contributed by atoms with Gasteiger partial charge >= 0.3 is 6.18 Å². The predicted molar refractivity (Wildman–Crippen MR) is 61.6 cm³/mol. The van der Waals surface area contributed by atoms with Gasteiger partial charge in [-0.15, -0.1) is 0 Å². The lowest BCUT2D eigenvalue weighted by atomic mass is 9.96. The Kier molecular flexibility index (Phi) is 3.71. The molecule has 1 atom stereocenters. The van der Waals surface area contributed by atoms with E-state index in [1.165, 1.54) is 0 Å². The van der Waals surface area contributed by atoms with Gasteiger partial charge in [-0.3, -0.25) is 4.98 Å². The van der Waals surface area contributed by atoms with Crippen molar-refractivity contribution >= 4 is 0 Å². The molecular weight excluding hydrogens is 279 g/mol. The molecule has 2 rings (SSSR count). The average Bonchev–Trinajstić information content (AvgIpc) is 2.37. The Hall–Kier alpha value is -2.02. The molecular formula is C13H9F5N2. The summed E-state index contributed by atoms with van der Waals surface area (Å²) in [4.78, 5) is 3.58. The lowest BCUT2D eigenvalue weighted by molar-refractivity contribution is -0.138. The van der Waals surface area contributed by atoms with E-state index < -0.39 is 29.4 Å². The first kappa shape index (κ1) is 14.4. The van der Waals surface area contributed by atoms with Crippen LogP contribution < -0.4 is 5.73 Å². The number of hydrogen-bond acceptors (Lipinski definition) is 2. The van der Waals surface area contributed by atoms with E-state index in [0.29, 0.717) is 6.07 Å². The summed E-state index contributed by atoms with van der Waals surface area (Å²) in [5.41, 5.74) is 4.06. The first-order valence-corrected chi connectivity index (χ1v) is 5.52. The largest absolute Gasteiger partial charge is 0.416 e. The Labute approximate surface area is 111 Å². The molecule has 0 aliphatic carbocycles. The third-order valence-electron chi connectivity index (χ3n) is 2.79. The van der Waals surface area contributed by atoms with E-state index in [1.54, 1.807) is 0 Å². The van der Waals surface area contributed by atoms with Gasteiger partial charge in [-0.25, -0.2) is 8.78 Å². The average molecular weight is 288 g/mol. The Balaban J connectivity index is 2.51. The normalized spacial score (nSPS) is 13.3. The summed E-state index contributed by atoms with van der Waals surface area (Å²) in [6.45, 7) is 0. The molecule has 7 heteroatoms. The second-order valence-corrected chi connectivity index (χ2v) is 4.10. The quantitative estimate of drug-likeness (QED) is 0.860. The van der Waals surface area contributed by atoms with E-state index in [9.17, 15) is 22.0 Å². The number of pyridine rings is 1. The molecule has 0 aliphatic rings. The molecule has 1 aromatic heterocycles. The molecule has 0 bridgehead atoms. The van der Waals surface area contributed by atoms with Gasteiger partial charge in [-0.2, -0.15) is 13.2 Å². The fourth-order valence-electron chi connectivity index (χ4n) is 1.83. The van der Waals surface area contributed by atoms with Gasteiger partial charge in [0.05, 0.1) is 11.6 Å². The Bertz CT molecular complexity index is 624. The number of nitrogens with zero attached hydrogens (tertiary/aromatic N) is 1. The molecule has 1 heterocycles. The summed E-state index contributed by atoms with van der Waals surface area (Å²) in [5.74, 6) is -1.84. The lowest BCUT2D eigenvalue weighted by Gasteiger charge is -2.18. The van der Waals surface area contributed by atoms with E-state index in [0.717, 1.165) is 30.6 Å². The summed E-state index contributed by atoms with van der Waals surface area (Å²) in [6.07, 6.45) is -2.73. The van der Waals surface area contributed by atoms with Crippen molar-refractivity contribution in [1.29, 1.82) is 0 Å². The van der Waals surface area contributed by atoms with Gasteiger partial charge in [0.1, 0.15) is 11.6 Å². The van der Waals surface area contributed by atoms with Crippen LogP contribution in [0.4, 0.5) is 22.0 Å². The van der Waals surface area contributed by atoms with Crippen molar-refractivity contribution in [3.8, 4) is 0 Å². The maximum absolute atomic E-state index is 13.6. The lowest BCUT2D eigenvalue weighted by Crippen LogP contribution is -2.19. The molecule has 2 N–H and O–H groups in total. The van der Waals surface area contributed by atoms with Crippen molar-refractivity contribution in [1.82, 2.24) is 4.98 Å². The van der Waals surface area contributed by atoms with Crippen LogP contribution in [0.25, 0.3) is 0 Å². The van der Waals surface area contributed by atoms with Crippen LogP contribution >= 0.6 is 0 Å². The van der Waals surface area contributed by atoms with Crippen molar-refractivity contribution in [2.45, 2.75) is 12.2 Å². The minimum Gasteiger partial charge on any atom is -0.320 e. The number of alkyl halides is 3. The molecule has 0 saturated carbocycles. The molecule has 0 saturated heterocycles. The number of hydrogen-bond donors (Lipinski definition) is 1. The van der Waals surface area contributed by atoms with Crippen LogP contribution in [0, 0.1) is 11.6 Å². The van der Waals surface area contributed by atoms with Gasteiger partial charge in [0.15, 0.2) is 0 Å². The number of halogens is 5. The van der Waals surface area contributed by atoms with Crippen LogP contribution in [0.15, 0.2) is 36.7 Å². The maximum atomic E-state index is 13.6. The summed E-state index contributed by atoms with van der Waals surface area (Å²) < 4.78 is 65.0. The van der Waals surface area contributed by atoms with E-state index in [1.807, 2.05) is 0 Å². The first-order chi connectivity index (χ1) is 9.30. The fraction of sp³-hybridized carbons (Fsp3) is 0.154. The van der Waals surface area contributed by atoms with Gasteiger partial charge in [-0.1, -0.05) is 6.07 Å². The summed E-state index contributed by atoms with van der Waals surface area (Å²) in [7, 11) is 0. The molecule has 0 aliphatic heterocycles. The van der Waals surface area contributed by atoms with Crippen molar-refractivity contribution in [3.05, 3.63) is 65.0 Å². The van der Waals surface area contributed by atoms with Crippen LogP contribution in [-0.2, 0) is 6.18 Å². The highest BCUT2D eigenvalue weighted by molar-refractivity contribution is 5.37. The molecule has 1 unspecified atom stereocenters. The zero-order valence-corrected chi connectivity index (χ0v) is 9.96. The number of aromatic nitrogens is 1. The molecule has 0 amide bonds. The third-order valence-corrected chi connectivity index (χ3v) is 2.79. The standard InChI is InChI=1S/C13H9F5N2/c14-7-1-2-8(11(15)5-7)12(19)9-6-20-4-3-10(9)13(16,17)18/h1-6,12H,19H2. The predicted octanol–water partition coefficient (Wildman–Crippen LogP) is 3.43. The molecule has 0 radical (unpaired) electrons. The zero-order valence-electron chi connectivity index (χ0n) is 9.96.